The van der Waals surface area contributed by atoms with Crippen molar-refractivity contribution in [1.29, 1.82) is 0 Å². The van der Waals surface area contributed by atoms with Crippen LogP contribution in [-0.2, 0) is 0 Å². The van der Waals surface area contributed by atoms with Crippen molar-refractivity contribution >= 4 is 0 Å². The molecule has 4 nitrogen and oxygen atoms in total. The smallest absolute Gasteiger partial charge is 0.161 e. The number of piperazine rings is 1. The summed E-state index contributed by atoms with van der Waals surface area (Å²) in [4.78, 5) is 2.52. The molecule has 1 aliphatic carbocycles. The zero-order valence-electron chi connectivity index (χ0n) is 13.1. The van der Waals surface area contributed by atoms with E-state index in [0.717, 1.165) is 43.6 Å². The number of nitrogens with zero attached hydrogens (tertiary/aromatic N) is 1. The number of para-hydroxylation sites is 2. The number of methoxy groups -OCH3 is 1. The largest absolute Gasteiger partial charge is 0.493 e. The molecule has 1 saturated carbocycles. The van der Waals surface area contributed by atoms with Crippen LogP contribution in [0.25, 0.3) is 0 Å². The first kappa shape index (κ1) is 14.7. The fourth-order valence-corrected chi connectivity index (χ4v) is 3.31. The zero-order valence-corrected chi connectivity index (χ0v) is 13.1. The molecule has 1 saturated heterocycles. The monoisotopic (exact) mass is 290 g/mol. The van der Waals surface area contributed by atoms with Crippen LogP contribution in [0, 0.1) is 5.92 Å². The maximum atomic E-state index is 5.89. The summed E-state index contributed by atoms with van der Waals surface area (Å²) in [6, 6.07) is 7.84. The molecule has 116 valence electrons. The van der Waals surface area contributed by atoms with Gasteiger partial charge in [0, 0.05) is 31.7 Å². The molecule has 3 rings (SSSR count). The first-order chi connectivity index (χ1) is 10.2. The first-order valence-electron chi connectivity index (χ1n) is 7.94. The summed E-state index contributed by atoms with van der Waals surface area (Å²) in [5.74, 6) is 2.51. The Morgan fingerprint density at radius 1 is 1.29 bits per heavy atom. The number of ether oxygens (including phenoxy) is 2. The van der Waals surface area contributed by atoms with Gasteiger partial charge in [0.05, 0.1) is 7.11 Å². The average molecular weight is 290 g/mol. The van der Waals surface area contributed by atoms with Crippen molar-refractivity contribution in [1.82, 2.24) is 10.2 Å². The lowest BCUT2D eigenvalue weighted by atomic mass is 9.93. The van der Waals surface area contributed by atoms with E-state index in [1.54, 1.807) is 7.11 Å². The van der Waals surface area contributed by atoms with E-state index in [0.29, 0.717) is 12.1 Å². The second-order valence-corrected chi connectivity index (χ2v) is 6.39. The van der Waals surface area contributed by atoms with E-state index in [9.17, 15) is 0 Å². The molecular weight excluding hydrogens is 264 g/mol. The molecule has 1 N–H and O–H groups in total. The normalized spacial score (nSPS) is 26.6. The third-order valence-corrected chi connectivity index (χ3v) is 4.72. The van der Waals surface area contributed by atoms with Crippen LogP contribution < -0.4 is 14.8 Å². The highest BCUT2D eigenvalue weighted by atomic mass is 16.5. The predicted octanol–water partition coefficient (Wildman–Crippen LogP) is 2.15. The quantitative estimate of drug-likeness (QED) is 0.870. The van der Waals surface area contributed by atoms with E-state index in [4.69, 9.17) is 9.47 Å². The molecule has 0 aromatic heterocycles. The van der Waals surface area contributed by atoms with Gasteiger partial charge in [0.2, 0.25) is 0 Å². The zero-order chi connectivity index (χ0) is 14.7. The third-order valence-electron chi connectivity index (χ3n) is 4.72. The van der Waals surface area contributed by atoms with Gasteiger partial charge >= 0.3 is 0 Å². The summed E-state index contributed by atoms with van der Waals surface area (Å²) in [6.07, 6.45) is 2.77. The van der Waals surface area contributed by atoms with Crippen LogP contribution in [0.1, 0.15) is 19.8 Å². The van der Waals surface area contributed by atoms with Crippen LogP contribution in [0.2, 0.25) is 0 Å². The molecule has 1 aliphatic heterocycles. The van der Waals surface area contributed by atoms with Gasteiger partial charge in [-0.3, -0.25) is 4.90 Å². The molecule has 21 heavy (non-hydrogen) atoms. The Morgan fingerprint density at radius 3 is 2.76 bits per heavy atom. The molecule has 0 spiro atoms. The van der Waals surface area contributed by atoms with Crippen molar-refractivity contribution in [3.63, 3.8) is 0 Å². The van der Waals surface area contributed by atoms with Crippen LogP contribution in [-0.4, -0.2) is 50.3 Å². The van der Waals surface area contributed by atoms with E-state index in [-0.39, 0.29) is 0 Å². The highest BCUT2D eigenvalue weighted by Crippen LogP contribution is 2.40. The molecule has 1 aromatic rings. The van der Waals surface area contributed by atoms with Gasteiger partial charge in [-0.15, -0.1) is 0 Å². The van der Waals surface area contributed by atoms with Gasteiger partial charge in [0.15, 0.2) is 11.5 Å². The minimum absolute atomic E-state index is 0.308. The number of hydrogen-bond acceptors (Lipinski definition) is 4. The number of rotatable bonds is 6. The molecule has 2 fully saturated rings. The SMILES string of the molecule is COc1ccccc1OCCN1CCNC(C)(C2CC2)C1. The summed E-state index contributed by atoms with van der Waals surface area (Å²) >= 11 is 0. The lowest BCUT2D eigenvalue weighted by Crippen LogP contribution is -2.60. The van der Waals surface area contributed by atoms with Crippen LogP contribution >= 0.6 is 0 Å². The Kier molecular flexibility index (Phi) is 4.36. The van der Waals surface area contributed by atoms with Gasteiger partial charge in [-0.2, -0.15) is 0 Å². The number of hydrogen-bond donors (Lipinski definition) is 1. The minimum atomic E-state index is 0.308. The van der Waals surface area contributed by atoms with Crippen molar-refractivity contribution in [2.24, 2.45) is 5.92 Å². The van der Waals surface area contributed by atoms with Crippen molar-refractivity contribution in [3.05, 3.63) is 24.3 Å². The lowest BCUT2D eigenvalue weighted by Gasteiger charge is -2.42. The maximum Gasteiger partial charge on any atom is 0.161 e. The van der Waals surface area contributed by atoms with Gasteiger partial charge in [-0.1, -0.05) is 12.1 Å². The number of benzene rings is 1. The van der Waals surface area contributed by atoms with Gasteiger partial charge in [-0.05, 0) is 37.8 Å². The third kappa shape index (κ3) is 3.50. The molecule has 0 radical (unpaired) electrons. The fraction of sp³-hybridized carbons (Fsp3) is 0.647. The molecule has 1 unspecified atom stereocenters. The maximum absolute atomic E-state index is 5.89. The Hall–Kier alpha value is -1.26. The lowest BCUT2D eigenvalue weighted by molar-refractivity contribution is 0.110. The summed E-state index contributed by atoms with van der Waals surface area (Å²) in [7, 11) is 1.68. The highest BCUT2D eigenvalue weighted by Gasteiger charge is 2.43. The van der Waals surface area contributed by atoms with Crippen LogP contribution in [0.4, 0.5) is 0 Å². The van der Waals surface area contributed by atoms with E-state index in [2.05, 4.69) is 17.1 Å². The number of nitrogens with one attached hydrogen (secondary N) is 1. The van der Waals surface area contributed by atoms with Crippen molar-refractivity contribution < 1.29 is 9.47 Å². The van der Waals surface area contributed by atoms with E-state index < -0.39 is 0 Å². The fourth-order valence-electron chi connectivity index (χ4n) is 3.31. The Balaban J connectivity index is 1.49. The molecular formula is C17H26N2O2. The van der Waals surface area contributed by atoms with Gasteiger partial charge < -0.3 is 14.8 Å². The molecule has 4 heteroatoms. The molecule has 1 aromatic carbocycles. The van der Waals surface area contributed by atoms with Gasteiger partial charge in [0.1, 0.15) is 6.61 Å². The van der Waals surface area contributed by atoms with Crippen molar-refractivity contribution in [3.8, 4) is 11.5 Å². The molecule has 0 amide bonds. The molecule has 1 heterocycles. The molecule has 2 aliphatic rings. The second-order valence-electron chi connectivity index (χ2n) is 6.39. The van der Waals surface area contributed by atoms with Gasteiger partial charge in [-0.25, -0.2) is 0 Å². The van der Waals surface area contributed by atoms with Crippen molar-refractivity contribution in [2.75, 3.05) is 39.9 Å². The summed E-state index contributed by atoms with van der Waals surface area (Å²) in [6.45, 7) is 7.38. The van der Waals surface area contributed by atoms with E-state index in [1.165, 1.54) is 12.8 Å². The van der Waals surface area contributed by atoms with E-state index >= 15 is 0 Å². The Morgan fingerprint density at radius 2 is 2.05 bits per heavy atom. The summed E-state index contributed by atoms with van der Waals surface area (Å²) in [5, 5.41) is 3.71. The average Bonchev–Trinajstić information content (AvgIpc) is 3.33. The Bertz CT molecular complexity index is 476. The summed E-state index contributed by atoms with van der Waals surface area (Å²) < 4.78 is 11.2. The predicted molar refractivity (Wildman–Crippen MR) is 84.1 cm³/mol. The van der Waals surface area contributed by atoms with E-state index in [1.807, 2.05) is 24.3 Å². The highest BCUT2D eigenvalue weighted by molar-refractivity contribution is 5.39. The first-order valence-corrected chi connectivity index (χ1v) is 7.94. The Labute approximate surface area is 127 Å². The second kappa shape index (κ2) is 6.24. The van der Waals surface area contributed by atoms with Gasteiger partial charge in [0.25, 0.3) is 0 Å². The van der Waals surface area contributed by atoms with Crippen LogP contribution in [0.15, 0.2) is 24.3 Å². The summed E-state index contributed by atoms with van der Waals surface area (Å²) in [5.41, 5.74) is 0.308. The minimum Gasteiger partial charge on any atom is -0.493 e. The van der Waals surface area contributed by atoms with Crippen LogP contribution in [0.3, 0.4) is 0 Å². The topological polar surface area (TPSA) is 33.7 Å². The molecule has 1 atom stereocenters. The molecule has 0 bridgehead atoms. The van der Waals surface area contributed by atoms with Crippen LogP contribution in [0.5, 0.6) is 11.5 Å². The van der Waals surface area contributed by atoms with Crippen molar-refractivity contribution in [2.45, 2.75) is 25.3 Å². The standard InChI is InChI=1S/C17H26N2O2/c1-17(14-7-8-14)13-19(10-9-18-17)11-12-21-16-6-4-3-5-15(16)20-2/h3-6,14,18H,7-13H2,1-2H3.